The second kappa shape index (κ2) is 5.54. The molecule has 0 amide bonds. The molecular formula is C16H21NO3. The number of hydrogen-bond donors (Lipinski definition) is 1. The number of benzene rings is 1. The summed E-state index contributed by atoms with van der Waals surface area (Å²) in [6.45, 7) is 2.60. The summed E-state index contributed by atoms with van der Waals surface area (Å²) >= 11 is 0. The highest BCUT2D eigenvalue weighted by Gasteiger charge is 2.32. The summed E-state index contributed by atoms with van der Waals surface area (Å²) < 4.78 is 5.22. The third-order valence-corrected chi connectivity index (χ3v) is 4.45. The summed E-state index contributed by atoms with van der Waals surface area (Å²) in [7, 11) is 1.65. The lowest BCUT2D eigenvalue weighted by Crippen LogP contribution is -2.39. The number of carbonyl (C=O) groups excluding carboxylic acids is 1. The highest BCUT2D eigenvalue weighted by Crippen LogP contribution is 2.30. The first-order valence-electron chi connectivity index (χ1n) is 7.29. The van der Waals surface area contributed by atoms with Crippen LogP contribution in [0.4, 0.5) is 0 Å². The van der Waals surface area contributed by atoms with E-state index in [0.29, 0.717) is 0 Å². The Morgan fingerprint density at radius 3 is 2.80 bits per heavy atom. The molecule has 4 nitrogen and oxygen atoms in total. The van der Waals surface area contributed by atoms with E-state index in [9.17, 15) is 9.90 Å². The number of ether oxygens (including phenoxy) is 1. The van der Waals surface area contributed by atoms with Crippen LogP contribution in [0.3, 0.4) is 0 Å². The fourth-order valence-corrected chi connectivity index (χ4v) is 3.25. The van der Waals surface area contributed by atoms with Crippen LogP contribution in [-0.4, -0.2) is 48.6 Å². The lowest BCUT2D eigenvalue weighted by molar-refractivity contribution is 0.0692. The molecule has 2 aliphatic rings. The minimum Gasteiger partial charge on any atom is -0.497 e. The van der Waals surface area contributed by atoms with Gasteiger partial charge in [0.2, 0.25) is 0 Å². The zero-order chi connectivity index (χ0) is 14.1. The molecule has 1 aliphatic carbocycles. The summed E-state index contributed by atoms with van der Waals surface area (Å²) in [6.07, 6.45) is 2.29. The molecule has 1 unspecified atom stereocenters. The van der Waals surface area contributed by atoms with E-state index < -0.39 is 0 Å². The Morgan fingerprint density at radius 2 is 2.10 bits per heavy atom. The van der Waals surface area contributed by atoms with Crippen molar-refractivity contribution >= 4 is 5.78 Å². The highest BCUT2D eigenvalue weighted by molar-refractivity contribution is 6.02. The van der Waals surface area contributed by atoms with E-state index in [0.717, 1.165) is 55.8 Å². The van der Waals surface area contributed by atoms with Gasteiger partial charge in [0.25, 0.3) is 0 Å². The van der Waals surface area contributed by atoms with Gasteiger partial charge >= 0.3 is 0 Å². The van der Waals surface area contributed by atoms with E-state index >= 15 is 0 Å². The molecule has 0 spiro atoms. The molecule has 1 fully saturated rings. The molecule has 108 valence electrons. The van der Waals surface area contributed by atoms with Crippen LogP contribution in [0.25, 0.3) is 0 Å². The number of carbonyl (C=O) groups is 1. The molecule has 1 aromatic rings. The maximum absolute atomic E-state index is 12.4. The van der Waals surface area contributed by atoms with Crippen LogP contribution >= 0.6 is 0 Å². The molecule has 1 saturated heterocycles. The average molecular weight is 275 g/mol. The topological polar surface area (TPSA) is 49.8 Å². The SMILES string of the molecule is COc1ccc2c(c1)CC(CN1CCC(O)CC1)C2=O. The zero-order valence-electron chi connectivity index (χ0n) is 11.8. The molecule has 20 heavy (non-hydrogen) atoms. The molecule has 0 aromatic heterocycles. The smallest absolute Gasteiger partial charge is 0.167 e. The van der Waals surface area contributed by atoms with E-state index in [1.807, 2.05) is 18.2 Å². The quantitative estimate of drug-likeness (QED) is 0.908. The van der Waals surface area contributed by atoms with Gasteiger partial charge in [0.05, 0.1) is 13.2 Å². The Hall–Kier alpha value is -1.39. The number of aliphatic hydroxyl groups is 1. The van der Waals surface area contributed by atoms with Crippen LogP contribution in [0.15, 0.2) is 18.2 Å². The van der Waals surface area contributed by atoms with E-state index in [-0.39, 0.29) is 17.8 Å². The van der Waals surface area contributed by atoms with Gasteiger partial charge in [0, 0.05) is 31.1 Å². The summed E-state index contributed by atoms with van der Waals surface area (Å²) in [5, 5.41) is 9.53. The van der Waals surface area contributed by atoms with Gasteiger partial charge in [0.15, 0.2) is 5.78 Å². The van der Waals surface area contributed by atoms with E-state index in [2.05, 4.69) is 4.90 Å². The van der Waals surface area contributed by atoms with Gasteiger partial charge in [-0.15, -0.1) is 0 Å². The van der Waals surface area contributed by atoms with Crippen molar-refractivity contribution in [2.75, 3.05) is 26.7 Å². The average Bonchev–Trinajstić information content (AvgIpc) is 2.77. The summed E-state index contributed by atoms with van der Waals surface area (Å²) in [4.78, 5) is 14.7. The number of aliphatic hydroxyl groups excluding tert-OH is 1. The van der Waals surface area contributed by atoms with Crippen molar-refractivity contribution in [2.45, 2.75) is 25.4 Å². The van der Waals surface area contributed by atoms with E-state index in [1.54, 1.807) is 7.11 Å². The van der Waals surface area contributed by atoms with Gasteiger partial charge in [-0.25, -0.2) is 0 Å². The van der Waals surface area contributed by atoms with Crippen LogP contribution in [0.2, 0.25) is 0 Å². The fourth-order valence-electron chi connectivity index (χ4n) is 3.25. The number of ketones is 1. The van der Waals surface area contributed by atoms with Crippen LogP contribution in [-0.2, 0) is 6.42 Å². The number of rotatable bonds is 3. The third-order valence-electron chi connectivity index (χ3n) is 4.45. The molecular weight excluding hydrogens is 254 g/mol. The maximum atomic E-state index is 12.4. The number of fused-ring (bicyclic) bond motifs is 1. The molecule has 0 radical (unpaired) electrons. The van der Waals surface area contributed by atoms with Crippen LogP contribution in [0.1, 0.15) is 28.8 Å². The van der Waals surface area contributed by atoms with Gasteiger partial charge in [-0.1, -0.05) is 0 Å². The lowest BCUT2D eigenvalue weighted by atomic mass is 10.0. The standard InChI is InChI=1S/C16H21NO3/c1-20-14-2-3-15-11(9-14)8-12(16(15)19)10-17-6-4-13(18)5-7-17/h2-3,9,12-13,18H,4-8,10H2,1H3. The first-order valence-corrected chi connectivity index (χ1v) is 7.29. The van der Waals surface area contributed by atoms with Crippen molar-refractivity contribution in [1.29, 1.82) is 0 Å². The number of methoxy groups -OCH3 is 1. The minimum atomic E-state index is -0.160. The van der Waals surface area contributed by atoms with Crippen molar-refractivity contribution < 1.29 is 14.6 Å². The summed E-state index contributed by atoms with van der Waals surface area (Å²) in [6, 6.07) is 5.72. The minimum absolute atomic E-state index is 0.0624. The second-order valence-electron chi connectivity index (χ2n) is 5.82. The van der Waals surface area contributed by atoms with Crippen molar-refractivity contribution in [3.05, 3.63) is 29.3 Å². The molecule has 3 rings (SSSR count). The van der Waals surface area contributed by atoms with Crippen LogP contribution < -0.4 is 4.74 Å². The van der Waals surface area contributed by atoms with Crippen molar-refractivity contribution in [2.24, 2.45) is 5.92 Å². The van der Waals surface area contributed by atoms with Crippen molar-refractivity contribution in [3.8, 4) is 5.75 Å². The van der Waals surface area contributed by atoms with Crippen molar-refractivity contribution in [1.82, 2.24) is 4.90 Å². The molecule has 0 saturated carbocycles. The van der Waals surface area contributed by atoms with E-state index in [4.69, 9.17) is 4.74 Å². The highest BCUT2D eigenvalue weighted by atomic mass is 16.5. The Bertz CT molecular complexity index is 506. The number of hydrogen-bond acceptors (Lipinski definition) is 4. The predicted octanol–water partition coefficient (Wildman–Crippen LogP) is 1.51. The molecule has 1 aliphatic heterocycles. The maximum Gasteiger partial charge on any atom is 0.167 e. The molecule has 1 aromatic carbocycles. The number of Topliss-reactive ketones (excluding diaryl/α,β-unsaturated/α-hetero) is 1. The van der Waals surface area contributed by atoms with Gasteiger partial charge in [-0.05, 0) is 43.0 Å². The number of likely N-dealkylation sites (tertiary alicyclic amines) is 1. The van der Waals surface area contributed by atoms with Crippen molar-refractivity contribution in [3.63, 3.8) is 0 Å². The lowest BCUT2D eigenvalue weighted by Gasteiger charge is -2.30. The van der Waals surface area contributed by atoms with Crippen LogP contribution in [0, 0.1) is 5.92 Å². The first-order chi connectivity index (χ1) is 9.67. The second-order valence-corrected chi connectivity index (χ2v) is 5.82. The number of piperidine rings is 1. The molecule has 4 heteroatoms. The van der Waals surface area contributed by atoms with Gasteiger partial charge < -0.3 is 14.7 Å². The Balaban J connectivity index is 1.67. The Morgan fingerprint density at radius 1 is 1.35 bits per heavy atom. The first kappa shape index (κ1) is 13.6. The largest absolute Gasteiger partial charge is 0.497 e. The fraction of sp³-hybridized carbons (Fsp3) is 0.562. The summed E-state index contributed by atoms with van der Waals surface area (Å²) in [5.74, 6) is 1.14. The predicted molar refractivity (Wildman–Crippen MR) is 76.2 cm³/mol. The molecule has 1 atom stereocenters. The normalized spacial score (nSPS) is 23.9. The number of nitrogens with zero attached hydrogens (tertiary/aromatic N) is 1. The third kappa shape index (κ3) is 2.58. The van der Waals surface area contributed by atoms with E-state index in [1.165, 1.54) is 0 Å². The Kier molecular flexibility index (Phi) is 3.76. The molecule has 1 N–H and O–H groups in total. The molecule has 1 heterocycles. The van der Waals surface area contributed by atoms with Gasteiger partial charge in [0.1, 0.15) is 5.75 Å². The van der Waals surface area contributed by atoms with Gasteiger partial charge in [-0.3, -0.25) is 4.79 Å². The Labute approximate surface area is 119 Å². The van der Waals surface area contributed by atoms with Crippen LogP contribution in [0.5, 0.6) is 5.75 Å². The molecule has 0 bridgehead atoms. The summed E-state index contributed by atoms with van der Waals surface area (Å²) in [5.41, 5.74) is 1.96. The van der Waals surface area contributed by atoms with Gasteiger partial charge in [-0.2, -0.15) is 0 Å². The monoisotopic (exact) mass is 275 g/mol. The zero-order valence-corrected chi connectivity index (χ0v) is 11.8.